The van der Waals surface area contributed by atoms with Gasteiger partial charge in [0.05, 0.1) is 4.90 Å². The van der Waals surface area contributed by atoms with Gasteiger partial charge in [0.2, 0.25) is 10.0 Å². The van der Waals surface area contributed by atoms with Gasteiger partial charge in [0.25, 0.3) is 0 Å². The van der Waals surface area contributed by atoms with E-state index in [-0.39, 0.29) is 4.90 Å². The van der Waals surface area contributed by atoms with Gasteiger partial charge in [-0.15, -0.1) is 0 Å². The van der Waals surface area contributed by atoms with Crippen molar-refractivity contribution in [3.8, 4) is 0 Å². The van der Waals surface area contributed by atoms with Gasteiger partial charge in [-0.25, -0.2) is 17.9 Å². The van der Waals surface area contributed by atoms with Gasteiger partial charge < -0.3 is 5.11 Å². The summed E-state index contributed by atoms with van der Waals surface area (Å²) in [6.45, 7) is 0.360. The summed E-state index contributed by atoms with van der Waals surface area (Å²) in [7, 11) is -3.54. The summed E-state index contributed by atoms with van der Waals surface area (Å²) >= 11 is 1.55. The van der Waals surface area contributed by atoms with Crippen LogP contribution in [0.15, 0.2) is 35.2 Å². The molecule has 0 fully saturated rings. The molecule has 0 atom stereocenters. The van der Waals surface area contributed by atoms with Crippen LogP contribution in [0.3, 0.4) is 0 Å². The van der Waals surface area contributed by atoms with Crippen LogP contribution < -0.4 is 4.72 Å². The highest BCUT2D eigenvalue weighted by Crippen LogP contribution is 2.12. The Labute approximate surface area is 116 Å². The zero-order chi connectivity index (χ0) is 14.3. The predicted molar refractivity (Wildman–Crippen MR) is 76.7 cm³/mol. The Hall–Kier alpha value is -1.31. The topological polar surface area (TPSA) is 83.5 Å². The van der Waals surface area contributed by atoms with E-state index in [1.165, 1.54) is 18.2 Å². The van der Waals surface area contributed by atoms with Crippen molar-refractivity contribution in [3.05, 3.63) is 35.9 Å². The van der Waals surface area contributed by atoms with Crippen LogP contribution in [-0.4, -0.2) is 38.0 Å². The highest BCUT2D eigenvalue weighted by atomic mass is 32.2. The van der Waals surface area contributed by atoms with Gasteiger partial charge in [-0.05, 0) is 30.0 Å². The fraction of sp³-hybridized carbons (Fsp3) is 0.250. The van der Waals surface area contributed by atoms with Crippen LogP contribution in [0.25, 0.3) is 6.08 Å². The van der Waals surface area contributed by atoms with Crippen LogP contribution >= 0.6 is 11.8 Å². The summed E-state index contributed by atoms with van der Waals surface area (Å²) in [6.07, 6.45) is 4.21. The Kier molecular flexibility index (Phi) is 6.07. The summed E-state index contributed by atoms with van der Waals surface area (Å²) in [5.41, 5.74) is 0.523. The first kappa shape index (κ1) is 15.7. The predicted octanol–water partition coefficient (Wildman–Crippen LogP) is 1.43. The number of hydrogen-bond donors (Lipinski definition) is 2. The molecule has 0 aliphatic heterocycles. The zero-order valence-corrected chi connectivity index (χ0v) is 12.0. The van der Waals surface area contributed by atoms with E-state index in [0.717, 1.165) is 6.08 Å². The van der Waals surface area contributed by atoms with E-state index in [1.807, 2.05) is 6.26 Å². The molecule has 1 rings (SSSR count). The number of carbonyl (C=O) groups is 1. The molecule has 0 radical (unpaired) electrons. The Balaban J connectivity index is 2.89. The molecule has 2 N–H and O–H groups in total. The van der Waals surface area contributed by atoms with E-state index >= 15 is 0 Å². The smallest absolute Gasteiger partial charge is 0.328 e. The molecule has 0 unspecified atom stereocenters. The molecule has 1 aromatic carbocycles. The lowest BCUT2D eigenvalue weighted by molar-refractivity contribution is -0.131. The average Bonchev–Trinajstić information content (AvgIpc) is 2.37. The summed E-state index contributed by atoms with van der Waals surface area (Å²) in [5.74, 6) is -0.385. The van der Waals surface area contributed by atoms with Gasteiger partial charge >= 0.3 is 5.97 Å². The molecule has 7 heteroatoms. The van der Waals surface area contributed by atoms with Crippen molar-refractivity contribution in [2.75, 3.05) is 18.6 Å². The van der Waals surface area contributed by atoms with Crippen LogP contribution in [-0.2, 0) is 14.8 Å². The second kappa shape index (κ2) is 7.32. The lowest BCUT2D eigenvalue weighted by Crippen LogP contribution is -2.26. The first-order chi connectivity index (χ1) is 8.95. The van der Waals surface area contributed by atoms with Gasteiger partial charge in [-0.2, -0.15) is 11.8 Å². The monoisotopic (exact) mass is 301 g/mol. The molecule has 0 saturated heterocycles. The van der Waals surface area contributed by atoms with Gasteiger partial charge in [0, 0.05) is 18.4 Å². The second-order valence-corrected chi connectivity index (χ2v) is 6.39. The number of thioether (sulfide) groups is 1. The summed E-state index contributed by atoms with van der Waals surface area (Å²) in [6, 6.07) is 6.12. The van der Waals surface area contributed by atoms with Gasteiger partial charge in [0.15, 0.2) is 0 Å². The third-order valence-corrected chi connectivity index (χ3v) is 4.26. The van der Waals surface area contributed by atoms with E-state index in [1.54, 1.807) is 23.9 Å². The Morgan fingerprint density at radius 3 is 2.84 bits per heavy atom. The van der Waals surface area contributed by atoms with Gasteiger partial charge in [-0.3, -0.25) is 0 Å². The molecule has 0 aromatic heterocycles. The zero-order valence-electron chi connectivity index (χ0n) is 10.4. The van der Waals surface area contributed by atoms with Crippen molar-refractivity contribution in [2.45, 2.75) is 4.90 Å². The molecule has 0 bridgehead atoms. The molecule has 0 spiro atoms. The molecule has 1 aromatic rings. The van der Waals surface area contributed by atoms with E-state index < -0.39 is 16.0 Å². The Morgan fingerprint density at radius 1 is 1.47 bits per heavy atom. The minimum absolute atomic E-state index is 0.126. The van der Waals surface area contributed by atoms with Crippen molar-refractivity contribution in [3.63, 3.8) is 0 Å². The highest BCUT2D eigenvalue weighted by Gasteiger charge is 2.12. The number of rotatable bonds is 7. The minimum Gasteiger partial charge on any atom is -0.478 e. The molecular weight excluding hydrogens is 286 g/mol. The largest absolute Gasteiger partial charge is 0.478 e. The van der Waals surface area contributed by atoms with E-state index in [0.29, 0.717) is 17.9 Å². The number of carboxylic acid groups (broad SMARTS) is 1. The third-order valence-electron chi connectivity index (χ3n) is 2.19. The molecule has 0 saturated carbocycles. The van der Waals surface area contributed by atoms with E-state index in [9.17, 15) is 13.2 Å². The maximum Gasteiger partial charge on any atom is 0.328 e. The molecule has 5 nitrogen and oxygen atoms in total. The molecule has 0 heterocycles. The van der Waals surface area contributed by atoms with Crippen LogP contribution in [0, 0.1) is 0 Å². The number of benzene rings is 1. The Morgan fingerprint density at radius 2 is 2.21 bits per heavy atom. The van der Waals surface area contributed by atoms with Crippen LogP contribution in [0.1, 0.15) is 5.56 Å². The fourth-order valence-corrected chi connectivity index (χ4v) is 2.84. The minimum atomic E-state index is -3.54. The lowest BCUT2D eigenvalue weighted by Gasteiger charge is -2.06. The molecule has 104 valence electrons. The van der Waals surface area contributed by atoms with Crippen LogP contribution in [0.4, 0.5) is 0 Å². The molecule has 19 heavy (non-hydrogen) atoms. The van der Waals surface area contributed by atoms with Crippen molar-refractivity contribution in [1.29, 1.82) is 0 Å². The Bertz CT molecular complexity index is 567. The van der Waals surface area contributed by atoms with Crippen molar-refractivity contribution in [2.24, 2.45) is 0 Å². The fourth-order valence-electron chi connectivity index (χ4n) is 1.31. The molecular formula is C12H15NO4S2. The quantitative estimate of drug-likeness (QED) is 0.588. The number of carboxylic acids is 1. The summed E-state index contributed by atoms with van der Waals surface area (Å²) < 4.78 is 26.4. The summed E-state index contributed by atoms with van der Waals surface area (Å²) in [5, 5.41) is 8.53. The SMILES string of the molecule is CSCCNS(=O)(=O)c1cccc(C=CC(=O)O)c1. The third kappa shape index (κ3) is 5.46. The van der Waals surface area contributed by atoms with Crippen LogP contribution in [0.2, 0.25) is 0 Å². The standard InChI is InChI=1S/C12H15NO4S2/c1-18-8-7-13-19(16,17)11-4-2-3-10(9-11)5-6-12(14)15/h2-6,9,13H,7-8H2,1H3,(H,14,15). The van der Waals surface area contributed by atoms with Gasteiger partial charge in [-0.1, -0.05) is 12.1 Å². The van der Waals surface area contributed by atoms with Crippen LogP contribution in [0.5, 0.6) is 0 Å². The van der Waals surface area contributed by atoms with Gasteiger partial charge in [0.1, 0.15) is 0 Å². The highest BCUT2D eigenvalue weighted by molar-refractivity contribution is 7.98. The normalized spacial score (nSPS) is 11.8. The average molecular weight is 301 g/mol. The maximum atomic E-state index is 11.9. The van der Waals surface area contributed by atoms with Crippen molar-refractivity contribution in [1.82, 2.24) is 4.72 Å². The number of hydrogen-bond acceptors (Lipinski definition) is 4. The van der Waals surface area contributed by atoms with Crippen molar-refractivity contribution < 1.29 is 18.3 Å². The molecule has 0 aliphatic carbocycles. The first-order valence-electron chi connectivity index (χ1n) is 5.45. The summed E-state index contributed by atoms with van der Waals surface area (Å²) in [4.78, 5) is 10.5. The molecule has 0 amide bonds. The maximum absolute atomic E-state index is 11.9. The lowest BCUT2D eigenvalue weighted by atomic mass is 10.2. The van der Waals surface area contributed by atoms with Crippen molar-refractivity contribution >= 4 is 33.8 Å². The second-order valence-electron chi connectivity index (χ2n) is 3.63. The molecule has 0 aliphatic rings. The number of nitrogens with one attached hydrogen (secondary N) is 1. The first-order valence-corrected chi connectivity index (χ1v) is 8.33. The van der Waals surface area contributed by atoms with E-state index in [4.69, 9.17) is 5.11 Å². The number of aliphatic carboxylic acids is 1. The number of sulfonamides is 1. The van der Waals surface area contributed by atoms with E-state index in [2.05, 4.69) is 4.72 Å².